The van der Waals surface area contributed by atoms with Gasteiger partial charge < -0.3 is 9.47 Å². The first-order valence-electron chi connectivity index (χ1n) is 11.2. The minimum absolute atomic E-state index is 0.0260. The molecule has 0 unspecified atom stereocenters. The summed E-state index contributed by atoms with van der Waals surface area (Å²) >= 11 is 0. The molecule has 0 N–H and O–H groups in total. The van der Waals surface area contributed by atoms with E-state index in [-0.39, 0.29) is 22.7 Å². The molecule has 2 aromatic carbocycles. The lowest BCUT2D eigenvalue weighted by atomic mass is 10.0. The number of sulfonamides is 1. The number of aromatic nitrogens is 2. The van der Waals surface area contributed by atoms with Crippen molar-refractivity contribution in [3.05, 3.63) is 59.7 Å². The van der Waals surface area contributed by atoms with Gasteiger partial charge in [0.25, 0.3) is 0 Å². The zero-order valence-electron chi connectivity index (χ0n) is 19.2. The lowest BCUT2D eigenvalue weighted by molar-refractivity contribution is -0.132. The van der Waals surface area contributed by atoms with Crippen molar-refractivity contribution in [1.29, 1.82) is 0 Å². The molecule has 4 rings (SSSR count). The van der Waals surface area contributed by atoms with Gasteiger partial charge in [0.15, 0.2) is 0 Å². The van der Waals surface area contributed by atoms with Crippen LogP contribution < -0.4 is 0 Å². The normalized spacial score (nSPS) is 16.8. The Balaban J connectivity index is 1.53. The van der Waals surface area contributed by atoms with Crippen LogP contribution in [0.5, 0.6) is 0 Å². The van der Waals surface area contributed by atoms with Crippen LogP contribution in [0.3, 0.4) is 0 Å². The van der Waals surface area contributed by atoms with E-state index in [4.69, 9.17) is 0 Å². The third-order valence-corrected chi connectivity index (χ3v) is 8.10. The van der Waals surface area contributed by atoms with Crippen LogP contribution in [0.4, 0.5) is 4.39 Å². The molecule has 0 radical (unpaired) electrons. The van der Waals surface area contributed by atoms with Gasteiger partial charge in [-0.3, -0.25) is 4.79 Å². The van der Waals surface area contributed by atoms with Crippen molar-refractivity contribution >= 4 is 27.0 Å². The third-order valence-electron chi connectivity index (χ3n) is 6.28. The number of fused-ring (bicyclic) bond motifs is 1. The number of amides is 1. The number of aryl methyl sites for hydroxylation is 2. The summed E-state index contributed by atoms with van der Waals surface area (Å²) in [5, 5.41) is 0. The summed E-state index contributed by atoms with van der Waals surface area (Å²) in [4.78, 5) is 19.8. The molecule has 0 aliphatic carbocycles. The smallest absolute Gasteiger partial charge is 0.242 e. The fourth-order valence-corrected chi connectivity index (χ4v) is 5.46. The van der Waals surface area contributed by atoms with E-state index in [1.807, 2.05) is 16.4 Å². The Labute approximate surface area is 193 Å². The first-order chi connectivity index (χ1) is 15.7. The summed E-state index contributed by atoms with van der Waals surface area (Å²) < 4.78 is 41.5. The van der Waals surface area contributed by atoms with Crippen LogP contribution >= 0.6 is 0 Å². The lowest BCUT2D eigenvalue weighted by Crippen LogP contribution is -2.30. The van der Waals surface area contributed by atoms with E-state index in [9.17, 15) is 17.6 Å². The average molecular weight is 473 g/mol. The summed E-state index contributed by atoms with van der Waals surface area (Å²) in [5.41, 5.74) is 2.41. The molecule has 1 saturated heterocycles. The van der Waals surface area contributed by atoms with Gasteiger partial charge in [0.1, 0.15) is 11.6 Å². The van der Waals surface area contributed by atoms with E-state index in [1.165, 1.54) is 30.5 Å². The van der Waals surface area contributed by atoms with Crippen LogP contribution in [0.15, 0.2) is 47.4 Å². The predicted octanol–water partition coefficient (Wildman–Crippen LogP) is 3.74. The summed E-state index contributed by atoms with van der Waals surface area (Å²) in [6.45, 7) is 3.36. The number of imidazole rings is 1. The predicted molar refractivity (Wildman–Crippen MR) is 125 cm³/mol. The van der Waals surface area contributed by atoms with Crippen LogP contribution in [0.25, 0.3) is 11.0 Å². The molecule has 33 heavy (non-hydrogen) atoms. The number of nitrogens with zero attached hydrogens (tertiary/aromatic N) is 4. The fraction of sp³-hybridized carbons (Fsp3) is 0.417. The molecule has 0 bridgehead atoms. The van der Waals surface area contributed by atoms with Gasteiger partial charge in [-0.25, -0.2) is 22.1 Å². The molecule has 1 atom stereocenters. The van der Waals surface area contributed by atoms with E-state index in [0.29, 0.717) is 31.4 Å². The molecular formula is C24H29FN4O3S. The van der Waals surface area contributed by atoms with E-state index in [0.717, 1.165) is 29.7 Å². The van der Waals surface area contributed by atoms with Gasteiger partial charge in [-0.2, -0.15) is 0 Å². The minimum atomic E-state index is -3.55. The average Bonchev–Trinajstić information content (AvgIpc) is 3.41. The maximum absolute atomic E-state index is 13.3. The van der Waals surface area contributed by atoms with Crippen molar-refractivity contribution < 1.29 is 17.6 Å². The lowest BCUT2D eigenvalue weighted by Gasteiger charge is -2.25. The Hall–Kier alpha value is -2.78. The monoisotopic (exact) mass is 472 g/mol. The van der Waals surface area contributed by atoms with Gasteiger partial charge >= 0.3 is 0 Å². The number of halogens is 1. The summed E-state index contributed by atoms with van der Waals surface area (Å²) in [7, 11) is -0.553. The Morgan fingerprint density at radius 3 is 2.58 bits per heavy atom. The molecule has 3 aromatic rings. The highest BCUT2D eigenvalue weighted by atomic mass is 32.2. The van der Waals surface area contributed by atoms with Crippen molar-refractivity contribution in [2.24, 2.45) is 0 Å². The molecule has 2 heterocycles. The number of benzene rings is 2. The van der Waals surface area contributed by atoms with Gasteiger partial charge in [-0.05, 0) is 55.7 Å². The van der Waals surface area contributed by atoms with Crippen LogP contribution in [-0.2, 0) is 27.8 Å². The second kappa shape index (κ2) is 9.23. The van der Waals surface area contributed by atoms with Gasteiger partial charge in [-0.1, -0.05) is 12.1 Å². The fourth-order valence-electron chi connectivity index (χ4n) is 4.53. The van der Waals surface area contributed by atoms with Crippen LogP contribution in [0.2, 0.25) is 0 Å². The second-order valence-electron chi connectivity index (χ2n) is 8.51. The Morgan fingerprint density at radius 1 is 1.18 bits per heavy atom. The number of hydrogen-bond acceptors (Lipinski definition) is 4. The number of likely N-dealkylation sites (tertiary alicyclic amines) is 1. The molecule has 9 heteroatoms. The third kappa shape index (κ3) is 4.52. The summed E-state index contributed by atoms with van der Waals surface area (Å²) in [6, 6.07) is 11.3. The number of hydrogen-bond donors (Lipinski definition) is 0. The van der Waals surface area contributed by atoms with Crippen molar-refractivity contribution in [3.8, 4) is 0 Å². The number of rotatable bonds is 7. The van der Waals surface area contributed by atoms with Crippen molar-refractivity contribution in [2.75, 3.05) is 20.6 Å². The van der Waals surface area contributed by atoms with Crippen molar-refractivity contribution in [3.63, 3.8) is 0 Å². The van der Waals surface area contributed by atoms with Crippen LogP contribution in [0.1, 0.15) is 43.6 Å². The largest absolute Gasteiger partial charge is 0.336 e. The molecule has 1 aromatic heterocycles. The molecule has 1 aliphatic heterocycles. The van der Waals surface area contributed by atoms with Crippen molar-refractivity contribution in [2.45, 2.75) is 50.1 Å². The molecule has 7 nitrogen and oxygen atoms in total. The highest BCUT2D eigenvalue weighted by molar-refractivity contribution is 7.89. The number of carbonyl (C=O) groups is 1. The molecule has 0 spiro atoms. The van der Waals surface area contributed by atoms with Gasteiger partial charge in [0.2, 0.25) is 15.9 Å². The highest BCUT2D eigenvalue weighted by Crippen LogP contribution is 2.33. The van der Waals surface area contributed by atoms with Gasteiger partial charge in [0.05, 0.1) is 22.0 Å². The molecular weight excluding hydrogens is 443 g/mol. The second-order valence-corrected chi connectivity index (χ2v) is 10.7. The van der Waals surface area contributed by atoms with E-state index < -0.39 is 10.0 Å². The first kappa shape index (κ1) is 23.4. The Morgan fingerprint density at radius 2 is 1.91 bits per heavy atom. The zero-order valence-corrected chi connectivity index (χ0v) is 20.0. The molecule has 1 fully saturated rings. The van der Waals surface area contributed by atoms with Gasteiger partial charge in [-0.15, -0.1) is 0 Å². The first-order valence-corrected chi connectivity index (χ1v) is 12.6. The molecule has 176 valence electrons. The van der Waals surface area contributed by atoms with Crippen LogP contribution in [-0.4, -0.2) is 53.7 Å². The maximum Gasteiger partial charge on any atom is 0.242 e. The molecule has 0 saturated carbocycles. The summed E-state index contributed by atoms with van der Waals surface area (Å²) in [6.07, 6.45) is 2.56. The Bertz CT molecular complexity index is 1270. The van der Waals surface area contributed by atoms with E-state index >= 15 is 0 Å². The summed E-state index contributed by atoms with van der Waals surface area (Å²) in [5.74, 6) is 0.528. The van der Waals surface area contributed by atoms with E-state index in [2.05, 4.69) is 4.98 Å². The van der Waals surface area contributed by atoms with Gasteiger partial charge in [0, 0.05) is 40.0 Å². The topological polar surface area (TPSA) is 75.5 Å². The zero-order chi connectivity index (χ0) is 23.8. The number of carbonyl (C=O) groups excluding carboxylic acids is 1. The van der Waals surface area contributed by atoms with E-state index in [1.54, 1.807) is 30.3 Å². The highest BCUT2D eigenvalue weighted by Gasteiger charge is 2.30. The maximum atomic E-state index is 13.3. The molecule has 1 amide bonds. The standard InChI is InChI=1S/C24H29FN4O3S/c1-4-28-22-12-11-19(33(31,32)27(2)3)16-20(22)26-23(28)13-14-24(30)29-15-5-6-21(29)17-7-9-18(25)10-8-17/h7-12,16,21H,4-6,13-15H2,1-3H3/t21-/m0/s1. The SMILES string of the molecule is CCn1c(CCC(=O)N2CCC[C@H]2c2ccc(F)cc2)nc2cc(S(=O)(=O)N(C)C)ccc21. The van der Waals surface area contributed by atoms with Crippen molar-refractivity contribution in [1.82, 2.24) is 18.8 Å². The minimum Gasteiger partial charge on any atom is -0.336 e. The molecule has 1 aliphatic rings. The quantitative estimate of drug-likeness (QED) is 0.525. The Kier molecular flexibility index (Phi) is 6.54. The van der Waals surface area contributed by atoms with Crippen LogP contribution in [0, 0.1) is 5.82 Å².